The molecule has 0 saturated carbocycles. The Labute approximate surface area is 111 Å². The molecule has 0 amide bonds. The van der Waals surface area contributed by atoms with Crippen LogP contribution < -0.4 is 10.5 Å². The van der Waals surface area contributed by atoms with E-state index < -0.39 is 0 Å². The van der Waals surface area contributed by atoms with Crippen LogP contribution in [0.3, 0.4) is 0 Å². The van der Waals surface area contributed by atoms with Gasteiger partial charge in [0.15, 0.2) is 0 Å². The fraction of sp³-hybridized carbons (Fsp3) is 0.133. The summed E-state index contributed by atoms with van der Waals surface area (Å²) in [7, 11) is 1.61. The highest BCUT2D eigenvalue weighted by Crippen LogP contribution is 2.28. The van der Waals surface area contributed by atoms with Gasteiger partial charge in [-0.25, -0.2) is 4.98 Å². The van der Waals surface area contributed by atoms with Gasteiger partial charge in [0.1, 0.15) is 11.6 Å². The SMILES string of the molecule is COc1ccc(-c2nc3ccc(C)cc3[nH]2)cc1N. The van der Waals surface area contributed by atoms with Gasteiger partial charge in [-0.05, 0) is 42.8 Å². The number of H-pyrrole nitrogens is 1. The summed E-state index contributed by atoms with van der Waals surface area (Å²) in [5.74, 6) is 1.49. The lowest BCUT2D eigenvalue weighted by molar-refractivity contribution is 0.417. The van der Waals surface area contributed by atoms with Crippen molar-refractivity contribution in [2.45, 2.75) is 6.92 Å². The number of nitrogens with one attached hydrogen (secondary N) is 1. The van der Waals surface area contributed by atoms with Gasteiger partial charge in [0.05, 0.1) is 23.8 Å². The number of aromatic nitrogens is 2. The number of aryl methyl sites for hydroxylation is 1. The number of rotatable bonds is 2. The molecule has 0 radical (unpaired) electrons. The minimum atomic E-state index is 0.608. The average molecular weight is 253 g/mol. The van der Waals surface area contributed by atoms with E-state index in [-0.39, 0.29) is 0 Å². The van der Waals surface area contributed by atoms with Crippen molar-refractivity contribution in [3.63, 3.8) is 0 Å². The molecule has 96 valence electrons. The highest BCUT2D eigenvalue weighted by Gasteiger charge is 2.07. The fourth-order valence-electron chi connectivity index (χ4n) is 2.14. The van der Waals surface area contributed by atoms with E-state index in [1.807, 2.05) is 24.3 Å². The lowest BCUT2D eigenvalue weighted by Crippen LogP contribution is -1.92. The van der Waals surface area contributed by atoms with Crippen LogP contribution in [0.15, 0.2) is 36.4 Å². The highest BCUT2D eigenvalue weighted by molar-refractivity contribution is 5.80. The summed E-state index contributed by atoms with van der Waals surface area (Å²) < 4.78 is 5.15. The number of benzene rings is 2. The molecule has 1 aromatic heterocycles. The van der Waals surface area contributed by atoms with Gasteiger partial charge in [-0.15, -0.1) is 0 Å². The minimum absolute atomic E-state index is 0.608. The first kappa shape index (κ1) is 11.6. The van der Waals surface area contributed by atoms with E-state index >= 15 is 0 Å². The first-order valence-electron chi connectivity index (χ1n) is 6.07. The number of nitrogens with two attached hydrogens (primary N) is 1. The second-order valence-electron chi connectivity index (χ2n) is 4.56. The van der Waals surface area contributed by atoms with E-state index in [0.717, 1.165) is 22.4 Å². The monoisotopic (exact) mass is 253 g/mol. The van der Waals surface area contributed by atoms with Crippen LogP contribution in [0.25, 0.3) is 22.4 Å². The molecule has 2 aromatic carbocycles. The Morgan fingerprint density at radius 2 is 2.00 bits per heavy atom. The predicted molar refractivity (Wildman–Crippen MR) is 77.2 cm³/mol. The van der Waals surface area contributed by atoms with Crippen molar-refractivity contribution in [2.24, 2.45) is 0 Å². The Morgan fingerprint density at radius 3 is 2.74 bits per heavy atom. The van der Waals surface area contributed by atoms with Crippen LogP contribution in [0.1, 0.15) is 5.56 Å². The maximum Gasteiger partial charge on any atom is 0.141 e. The van der Waals surface area contributed by atoms with E-state index in [4.69, 9.17) is 10.5 Å². The number of fused-ring (bicyclic) bond motifs is 1. The van der Waals surface area contributed by atoms with Crippen molar-refractivity contribution in [1.29, 1.82) is 0 Å². The third-order valence-electron chi connectivity index (χ3n) is 3.14. The van der Waals surface area contributed by atoms with Crippen molar-refractivity contribution >= 4 is 16.7 Å². The van der Waals surface area contributed by atoms with Crippen molar-refractivity contribution in [1.82, 2.24) is 9.97 Å². The zero-order valence-electron chi connectivity index (χ0n) is 10.9. The summed E-state index contributed by atoms with van der Waals surface area (Å²) in [5, 5.41) is 0. The summed E-state index contributed by atoms with van der Waals surface area (Å²) >= 11 is 0. The van der Waals surface area contributed by atoms with Crippen LogP contribution in [0, 0.1) is 6.92 Å². The minimum Gasteiger partial charge on any atom is -0.495 e. The lowest BCUT2D eigenvalue weighted by atomic mass is 10.2. The predicted octanol–water partition coefficient (Wildman–Crippen LogP) is 3.13. The topological polar surface area (TPSA) is 63.9 Å². The van der Waals surface area contributed by atoms with Crippen LogP contribution in [0.2, 0.25) is 0 Å². The second kappa shape index (κ2) is 4.31. The van der Waals surface area contributed by atoms with Gasteiger partial charge < -0.3 is 15.5 Å². The molecule has 3 rings (SSSR count). The Morgan fingerprint density at radius 1 is 1.16 bits per heavy atom. The van der Waals surface area contributed by atoms with Gasteiger partial charge in [-0.2, -0.15) is 0 Å². The standard InChI is InChI=1S/C15H15N3O/c1-9-3-5-12-13(7-9)18-15(17-12)10-4-6-14(19-2)11(16)8-10/h3-8H,16H2,1-2H3,(H,17,18). The van der Waals surface area contributed by atoms with Crippen LogP contribution in [-0.2, 0) is 0 Å². The zero-order chi connectivity index (χ0) is 13.4. The molecule has 0 bridgehead atoms. The maximum atomic E-state index is 5.92. The van der Waals surface area contributed by atoms with Crippen molar-refractivity contribution < 1.29 is 4.74 Å². The Bertz CT molecular complexity index is 746. The molecule has 1 heterocycles. The molecule has 0 fully saturated rings. The molecule has 4 nitrogen and oxygen atoms in total. The smallest absolute Gasteiger partial charge is 0.141 e. The second-order valence-corrected chi connectivity index (χ2v) is 4.56. The molecule has 0 aliphatic carbocycles. The average Bonchev–Trinajstić information content (AvgIpc) is 2.81. The Kier molecular flexibility index (Phi) is 2.63. The van der Waals surface area contributed by atoms with Gasteiger partial charge in [0, 0.05) is 5.56 Å². The van der Waals surface area contributed by atoms with Crippen LogP contribution >= 0.6 is 0 Å². The number of imidazole rings is 1. The summed E-state index contributed by atoms with van der Waals surface area (Å²) in [5.41, 5.74) is 10.7. The summed E-state index contributed by atoms with van der Waals surface area (Å²) in [6.45, 7) is 2.06. The van der Waals surface area contributed by atoms with E-state index in [1.54, 1.807) is 7.11 Å². The largest absolute Gasteiger partial charge is 0.495 e. The fourth-order valence-corrected chi connectivity index (χ4v) is 2.14. The Balaban J connectivity index is 2.11. The van der Waals surface area contributed by atoms with Gasteiger partial charge in [0.25, 0.3) is 0 Å². The summed E-state index contributed by atoms with van der Waals surface area (Å²) in [4.78, 5) is 7.88. The van der Waals surface area contributed by atoms with Gasteiger partial charge in [-0.1, -0.05) is 6.07 Å². The first-order chi connectivity index (χ1) is 9.17. The van der Waals surface area contributed by atoms with E-state index in [2.05, 4.69) is 29.0 Å². The molecule has 0 aliphatic heterocycles. The number of ether oxygens (including phenoxy) is 1. The van der Waals surface area contributed by atoms with Crippen molar-refractivity contribution in [3.05, 3.63) is 42.0 Å². The van der Waals surface area contributed by atoms with E-state index in [0.29, 0.717) is 11.4 Å². The maximum absolute atomic E-state index is 5.92. The zero-order valence-corrected chi connectivity index (χ0v) is 10.9. The molecular weight excluding hydrogens is 238 g/mol. The number of aromatic amines is 1. The lowest BCUT2D eigenvalue weighted by Gasteiger charge is -2.05. The molecular formula is C15H15N3O. The molecule has 0 aliphatic rings. The van der Waals surface area contributed by atoms with Gasteiger partial charge in [0.2, 0.25) is 0 Å². The molecule has 3 aromatic rings. The molecule has 0 spiro atoms. The van der Waals surface area contributed by atoms with E-state index in [9.17, 15) is 0 Å². The summed E-state index contributed by atoms with van der Waals surface area (Å²) in [6.07, 6.45) is 0. The number of hydrogen-bond donors (Lipinski definition) is 2. The van der Waals surface area contributed by atoms with Crippen LogP contribution in [-0.4, -0.2) is 17.1 Å². The van der Waals surface area contributed by atoms with Crippen molar-refractivity contribution in [2.75, 3.05) is 12.8 Å². The number of methoxy groups -OCH3 is 1. The molecule has 19 heavy (non-hydrogen) atoms. The van der Waals surface area contributed by atoms with Gasteiger partial charge >= 0.3 is 0 Å². The number of hydrogen-bond acceptors (Lipinski definition) is 3. The number of anilines is 1. The molecule has 3 N–H and O–H groups in total. The summed E-state index contributed by atoms with van der Waals surface area (Å²) in [6, 6.07) is 11.8. The van der Waals surface area contributed by atoms with Crippen molar-refractivity contribution in [3.8, 4) is 17.1 Å². The molecule has 0 saturated heterocycles. The third-order valence-corrected chi connectivity index (χ3v) is 3.14. The third kappa shape index (κ3) is 2.01. The molecule has 4 heteroatoms. The van der Waals surface area contributed by atoms with Crippen LogP contribution in [0.4, 0.5) is 5.69 Å². The number of nitrogen functional groups attached to an aromatic ring is 1. The Hall–Kier alpha value is -2.49. The first-order valence-corrected chi connectivity index (χ1v) is 6.07. The highest BCUT2D eigenvalue weighted by atomic mass is 16.5. The van der Waals surface area contributed by atoms with E-state index in [1.165, 1.54) is 5.56 Å². The van der Waals surface area contributed by atoms with Gasteiger partial charge in [-0.3, -0.25) is 0 Å². The quantitative estimate of drug-likeness (QED) is 0.690. The molecule has 0 atom stereocenters. The number of nitrogens with zero attached hydrogens (tertiary/aromatic N) is 1. The normalized spacial score (nSPS) is 10.8. The molecule has 0 unspecified atom stereocenters. The van der Waals surface area contributed by atoms with Crippen LogP contribution in [0.5, 0.6) is 5.75 Å².